The van der Waals surface area contributed by atoms with Crippen LogP contribution in [0.5, 0.6) is 0 Å². The third-order valence-electron chi connectivity index (χ3n) is 3.68. The number of nitrogens with zero attached hydrogens (tertiary/aromatic N) is 3. The number of nitrogens with one attached hydrogen (secondary N) is 2. The highest BCUT2D eigenvalue weighted by Crippen LogP contribution is 2.17. The number of aromatic nitrogens is 2. The summed E-state index contributed by atoms with van der Waals surface area (Å²) in [5.41, 5.74) is 0. The standard InChI is InChI=1S/C15H27N5O/c1-3-4-10-16-15(19-13-7-5-6-8-13)17-11-9-14-18-12(2)20-21-14/h13H,3-11H2,1-2H3,(H2,16,17,19). The normalized spacial score (nSPS) is 16.4. The lowest BCUT2D eigenvalue weighted by Crippen LogP contribution is -2.43. The molecule has 0 aliphatic heterocycles. The summed E-state index contributed by atoms with van der Waals surface area (Å²) < 4.78 is 5.12. The van der Waals surface area contributed by atoms with Gasteiger partial charge in [0.15, 0.2) is 11.8 Å². The zero-order valence-corrected chi connectivity index (χ0v) is 13.2. The Hall–Kier alpha value is -1.59. The Labute approximate surface area is 126 Å². The minimum atomic E-state index is 0.573. The average Bonchev–Trinajstić information content (AvgIpc) is 3.11. The molecule has 1 aromatic heterocycles. The Morgan fingerprint density at radius 1 is 1.38 bits per heavy atom. The van der Waals surface area contributed by atoms with Gasteiger partial charge in [0.05, 0.1) is 0 Å². The van der Waals surface area contributed by atoms with E-state index in [1.54, 1.807) is 0 Å². The van der Waals surface area contributed by atoms with Crippen molar-refractivity contribution < 1.29 is 4.52 Å². The molecule has 1 heterocycles. The van der Waals surface area contributed by atoms with Crippen LogP contribution in [0.15, 0.2) is 9.52 Å². The molecule has 0 unspecified atom stereocenters. The number of aliphatic imine (C=N–C) groups is 1. The van der Waals surface area contributed by atoms with Crippen molar-refractivity contribution in [3.63, 3.8) is 0 Å². The van der Waals surface area contributed by atoms with Crippen LogP contribution in [0.1, 0.15) is 57.2 Å². The van der Waals surface area contributed by atoms with Gasteiger partial charge in [0.1, 0.15) is 0 Å². The first-order valence-corrected chi connectivity index (χ1v) is 8.12. The van der Waals surface area contributed by atoms with Crippen LogP contribution in [0.2, 0.25) is 0 Å². The number of hydrogen-bond acceptors (Lipinski definition) is 4. The van der Waals surface area contributed by atoms with Gasteiger partial charge in [0, 0.05) is 25.6 Å². The summed E-state index contributed by atoms with van der Waals surface area (Å²) in [6, 6.07) is 0.573. The summed E-state index contributed by atoms with van der Waals surface area (Å²) in [5.74, 6) is 2.28. The number of rotatable bonds is 7. The molecule has 2 N–H and O–H groups in total. The smallest absolute Gasteiger partial charge is 0.228 e. The van der Waals surface area contributed by atoms with E-state index >= 15 is 0 Å². The third-order valence-corrected chi connectivity index (χ3v) is 3.68. The van der Waals surface area contributed by atoms with Gasteiger partial charge in [-0.25, -0.2) is 0 Å². The maximum Gasteiger partial charge on any atom is 0.228 e. The van der Waals surface area contributed by atoms with Crippen molar-refractivity contribution >= 4 is 5.96 Å². The fraction of sp³-hybridized carbons (Fsp3) is 0.800. The molecule has 1 aliphatic carbocycles. The van der Waals surface area contributed by atoms with Gasteiger partial charge in [-0.1, -0.05) is 31.3 Å². The van der Waals surface area contributed by atoms with E-state index < -0.39 is 0 Å². The number of guanidine groups is 1. The van der Waals surface area contributed by atoms with Crippen molar-refractivity contribution in [2.24, 2.45) is 4.99 Å². The van der Waals surface area contributed by atoms with Crippen molar-refractivity contribution in [1.29, 1.82) is 0 Å². The Balaban J connectivity index is 1.78. The van der Waals surface area contributed by atoms with Crippen LogP contribution in [0.3, 0.4) is 0 Å². The lowest BCUT2D eigenvalue weighted by Gasteiger charge is -2.17. The topological polar surface area (TPSA) is 75.3 Å². The van der Waals surface area contributed by atoms with Crippen LogP contribution < -0.4 is 10.6 Å². The van der Waals surface area contributed by atoms with E-state index in [4.69, 9.17) is 4.52 Å². The van der Waals surface area contributed by atoms with Gasteiger partial charge < -0.3 is 15.2 Å². The average molecular weight is 293 g/mol. The van der Waals surface area contributed by atoms with E-state index in [2.05, 4.69) is 32.7 Å². The number of aryl methyl sites for hydroxylation is 1. The Bertz CT molecular complexity index is 437. The summed E-state index contributed by atoms with van der Waals surface area (Å²) in [6.07, 6.45) is 8.15. The molecule has 1 saturated carbocycles. The van der Waals surface area contributed by atoms with Gasteiger partial charge in [0.25, 0.3) is 0 Å². The molecule has 0 radical (unpaired) electrons. The van der Waals surface area contributed by atoms with E-state index in [1.807, 2.05) is 6.92 Å². The van der Waals surface area contributed by atoms with Crippen molar-refractivity contribution in [2.75, 3.05) is 13.1 Å². The molecular weight excluding hydrogens is 266 g/mol. The molecule has 0 aromatic carbocycles. The van der Waals surface area contributed by atoms with Gasteiger partial charge in [0.2, 0.25) is 5.89 Å². The lowest BCUT2D eigenvalue weighted by molar-refractivity contribution is 0.374. The highest BCUT2D eigenvalue weighted by atomic mass is 16.5. The predicted octanol–water partition coefficient (Wildman–Crippen LogP) is 2.20. The first-order chi connectivity index (χ1) is 10.3. The third kappa shape index (κ3) is 5.73. The summed E-state index contributed by atoms with van der Waals surface area (Å²) >= 11 is 0. The molecular formula is C15H27N5O. The minimum Gasteiger partial charge on any atom is -0.356 e. The molecule has 0 spiro atoms. The molecule has 1 aromatic rings. The molecule has 118 valence electrons. The van der Waals surface area contributed by atoms with Gasteiger partial charge >= 0.3 is 0 Å². The second-order valence-corrected chi connectivity index (χ2v) is 5.62. The highest BCUT2D eigenvalue weighted by Gasteiger charge is 2.16. The zero-order chi connectivity index (χ0) is 14.9. The molecule has 2 rings (SSSR count). The summed E-state index contributed by atoms with van der Waals surface area (Å²) in [7, 11) is 0. The largest absolute Gasteiger partial charge is 0.356 e. The van der Waals surface area contributed by atoms with Crippen LogP contribution >= 0.6 is 0 Å². The second kappa shape index (κ2) is 8.64. The minimum absolute atomic E-state index is 0.573. The Kier molecular flexibility index (Phi) is 6.50. The molecule has 0 saturated heterocycles. The molecule has 0 amide bonds. The summed E-state index contributed by atoms with van der Waals surface area (Å²) in [4.78, 5) is 8.85. The van der Waals surface area contributed by atoms with Crippen LogP contribution in [0, 0.1) is 6.92 Å². The lowest BCUT2D eigenvalue weighted by atomic mass is 10.2. The maximum absolute atomic E-state index is 5.12. The molecule has 0 bridgehead atoms. The Morgan fingerprint density at radius 3 is 2.86 bits per heavy atom. The first kappa shape index (κ1) is 15.8. The van der Waals surface area contributed by atoms with Gasteiger partial charge in [-0.05, 0) is 26.2 Å². The van der Waals surface area contributed by atoms with Gasteiger partial charge in [-0.3, -0.25) is 4.99 Å². The fourth-order valence-electron chi connectivity index (χ4n) is 2.49. The van der Waals surface area contributed by atoms with Crippen molar-refractivity contribution in [2.45, 2.75) is 64.8 Å². The SMILES string of the molecule is CCCCN=C(NCCc1nc(C)no1)NC1CCCC1. The Morgan fingerprint density at radius 2 is 2.19 bits per heavy atom. The van der Waals surface area contributed by atoms with Crippen LogP contribution in [0.25, 0.3) is 0 Å². The second-order valence-electron chi connectivity index (χ2n) is 5.62. The van der Waals surface area contributed by atoms with E-state index in [1.165, 1.54) is 32.1 Å². The van der Waals surface area contributed by atoms with Gasteiger partial charge in [-0.15, -0.1) is 0 Å². The molecule has 6 heteroatoms. The monoisotopic (exact) mass is 293 g/mol. The zero-order valence-electron chi connectivity index (χ0n) is 13.2. The van der Waals surface area contributed by atoms with Crippen LogP contribution in [-0.2, 0) is 6.42 Å². The van der Waals surface area contributed by atoms with Crippen molar-refractivity contribution in [3.8, 4) is 0 Å². The quantitative estimate of drug-likeness (QED) is 0.458. The van der Waals surface area contributed by atoms with E-state index in [-0.39, 0.29) is 0 Å². The van der Waals surface area contributed by atoms with Crippen molar-refractivity contribution in [1.82, 2.24) is 20.8 Å². The van der Waals surface area contributed by atoms with Crippen LogP contribution in [0.4, 0.5) is 0 Å². The maximum atomic E-state index is 5.12. The van der Waals surface area contributed by atoms with E-state index in [9.17, 15) is 0 Å². The number of unbranched alkanes of at least 4 members (excludes halogenated alkanes) is 1. The van der Waals surface area contributed by atoms with Crippen LogP contribution in [-0.4, -0.2) is 35.2 Å². The van der Waals surface area contributed by atoms with E-state index in [0.717, 1.165) is 31.9 Å². The molecule has 1 fully saturated rings. The molecule has 6 nitrogen and oxygen atoms in total. The van der Waals surface area contributed by atoms with Gasteiger partial charge in [-0.2, -0.15) is 4.98 Å². The fourth-order valence-corrected chi connectivity index (χ4v) is 2.49. The summed E-state index contributed by atoms with van der Waals surface area (Å²) in [6.45, 7) is 5.65. The molecule has 21 heavy (non-hydrogen) atoms. The number of hydrogen-bond donors (Lipinski definition) is 2. The van der Waals surface area contributed by atoms with E-state index in [0.29, 0.717) is 17.8 Å². The molecule has 1 aliphatic rings. The highest BCUT2D eigenvalue weighted by molar-refractivity contribution is 5.80. The first-order valence-electron chi connectivity index (χ1n) is 8.12. The van der Waals surface area contributed by atoms with Crippen molar-refractivity contribution in [3.05, 3.63) is 11.7 Å². The summed E-state index contributed by atoms with van der Waals surface area (Å²) in [5, 5.41) is 10.7. The molecule has 0 atom stereocenters. The predicted molar refractivity (Wildman–Crippen MR) is 83.3 cm³/mol.